The van der Waals surface area contributed by atoms with Crippen molar-refractivity contribution >= 4 is 47.7 Å². The number of amides is 1. The molecule has 0 unspecified atom stereocenters. The van der Waals surface area contributed by atoms with E-state index in [1.807, 2.05) is 0 Å². The molecule has 0 aliphatic heterocycles. The van der Waals surface area contributed by atoms with Gasteiger partial charge in [0.1, 0.15) is 10.9 Å². The second-order valence-corrected chi connectivity index (χ2v) is 8.48. The van der Waals surface area contributed by atoms with Gasteiger partial charge in [0.05, 0.1) is 20.7 Å². The summed E-state index contributed by atoms with van der Waals surface area (Å²) in [6, 6.07) is 5.46. The van der Waals surface area contributed by atoms with Crippen LogP contribution in [0.2, 0.25) is 0 Å². The number of carbonyl (C=O) groups excluding carboxylic acids is 1. The third kappa shape index (κ3) is 11.8. The topological polar surface area (TPSA) is 62.1 Å². The van der Waals surface area contributed by atoms with Gasteiger partial charge in [-0.15, -0.1) is 11.3 Å². The first kappa shape index (κ1) is 22.7. The van der Waals surface area contributed by atoms with Crippen LogP contribution in [0.15, 0.2) is 12.1 Å². The summed E-state index contributed by atoms with van der Waals surface area (Å²) in [4.78, 5) is 13.1. The maximum Gasteiger partial charge on any atom is 0.261 e. The SMILES string of the molecule is N#Cc1ccc(C(=O)NCCCCCCCCCCCCOSI)s1. The van der Waals surface area contributed by atoms with Crippen molar-refractivity contribution < 1.29 is 8.98 Å². The van der Waals surface area contributed by atoms with Gasteiger partial charge < -0.3 is 9.50 Å². The van der Waals surface area contributed by atoms with Crippen molar-refractivity contribution in [3.63, 3.8) is 0 Å². The number of carbonyl (C=O) groups is 1. The lowest BCUT2D eigenvalue weighted by molar-refractivity contribution is 0.0957. The van der Waals surface area contributed by atoms with E-state index in [0.29, 0.717) is 9.75 Å². The molecule has 0 radical (unpaired) electrons. The van der Waals surface area contributed by atoms with E-state index in [9.17, 15) is 4.79 Å². The Hall–Kier alpha value is -0.300. The Balaban J connectivity index is 1.84. The molecule has 0 aliphatic carbocycles. The Labute approximate surface area is 171 Å². The van der Waals surface area contributed by atoms with Crippen LogP contribution in [0.5, 0.6) is 0 Å². The van der Waals surface area contributed by atoms with Crippen LogP contribution in [0.25, 0.3) is 0 Å². The van der Waals surface area contributed by atoms with E-state index in [2.05, 4.69) is 32.6 Å². The third-order valence-electron chi connectivity index (χ3n) is 3.92. The van der Waals surface area contributed by atoms with Crippen LogP contribution in [0.4, 0.5) is 0 Å². The van der Waals surface area contributed by atoms with Crippen LogP contribution in [0.1, 0.15) is 78.8 Å². The van der Waals surface area contributed by atoms with Gasteiger partial charge in [0.25, 0.3) is 5.91 Å². The first-order chi connectivity index (χ1) is 12.3. The van der Waals surface area contributed by atoms with Crippen molar-refractivity contribution in [3.05, 3.63) is 21.9 Å². The fourth-order valence-electron chi connectivity index (χ4n) is 2.54. The summed E-state index contributed by atoms with van der Waals surface area (Å²) < 4.78 is 5.24. The molecule has 4 nitrogen and oxygen atoms in total. The van der Waals surface area contributed by atoms with Crippen LogP contribution in [0, 0.1) is 11.3 Å². The number of nitrogens with one attached hydrogen (secondary N) is 1. The molecule has 0 aliphatic rings. The van der Waals surface area contributed by atoms with Crippen LogP contribution < -0.4 is 5.32 Å². The Morgan fingerprint density at radius 2 is 1.68 bits per heavy atom. The van der Waals surface area contributed by atoms with Crippen LogP contribution >= 0.6 is 41.8 Å². The van der Waals surface area contributed by atoms with Crippen molar-refractivity contribution in [1.29, 1.82) is 5.26 Å². The molecule has 0 saturated heterocycles. The minimum Gasteiger partial charge on any atom is -0.351 e. The zero-order chi connectivity index (χ0) is 18.2. The van der Waals surface area contributed by atoms with Crippen LogP contribution in [-0.2, 0) is 4.18 Å². The molecule has 1 N–H and O–H groups in total. The standard InChI is InChI=1S/C18H27IN2O2S2/c19-25-23-14-10-8-6-4-2-1-3-5-7-9-13-21-18(22)17-12-11-16(15-20)24-17/h11-12H,1-10,13-14H2,(H,21,22). The summed E-state index contributed by atoms with van der Waals surface area (Å²) in [6.07, 6.45) is 12.5. The first-order valence-corrected chi connectivity index (χ1v) is 13.1. The number of halogens is 1. The fourth-order valence-corrected chi connectivity index (χ4v) is 3.98. The number of nitrogens with zero attached hydrogens (tertiary/aromatic N) is 1. The van der Waals surface area contributed by atoms with Gasteiger partial charge in [-0.05, 0) is 25.0 Å². The van der Waals surface area contributed by atoms with Crippen molar-refractivity contribution in [2.45, 2.75) is 64.2 Å². The van der Waals surface area contributed by atoms with Gasteiger partial charge >= 0.3 is 0 Å². The maximum absolute atomic E-state index is 11.9. The van der Waals surface area contributed by atoms with Crippen molar-refractivity contribution in [2.75, 3.05) is 13.2 Å². The molecule has 0 bridgehead atoms. The number of unbranched alkanes of at least 4 members (excludes halogenated alkanes) is 9. The average Bonchev–Trinajstić information content (AvgIpc) is 3.11. The Bertz CT molecular complexity index is 517. The largest absolute Gasteiger partial charge is 0.351 e. The second kappa shape index (κ2) is 15.9. The van der Waals surface area contributed by atoms with Crippen molar-refractivity contribution in [1.82, 2.24) is 5.32 Å². The van der Waals surface area contributed by atoms with E-state index in [0.717, 1.165) is 19.6 Å². The minimum atomic E-state index is -0.0611. The molecule has 140 valence electrons. The van der Waals surface area contributed by atoms with E-state index in [1.54, 1.807) is 12.1 Å². The number of hydrogen-bond donors (Lipinski definition) is 1. The van der Waals surface area contributed by atoms with Gasteiger partial charge in [-0.1, -0.05) is 51.4 Å². The lowest BCUT2D eigenvalue weighted by Gasteiger charge is -2.04. The molecule has 0 spiro atoms. The van der Waals surface area contributed by atoms with E-state index >= 15 is 0 Å². The number of rotatable bonds is 15. The maximum atomic E-state index is 11.9. The van der Waals surface area contributed by atoms with Gasteiger partial charge in [-0.2, -0.15) is 5.26 Å². The first-order valence-electron chi connectivity index (χ1n) is 8.96. The molecule has 25 heavy (non-hydrogen) atoms. The average molecular weight is 494 g/mol. The number of nitriles is 1. The molecule has 0 saturated carbocycles. The number of hydrogen-bond acceptors (Lipinski definition) is 5. The van der Waals surface area contributed by atoms with Gasteiger partial charge in [-0.3, -0.25) is 4.79 Å². The minimum absolute atomic E-state index is 0.0611. The predicted octanol–water partition coefficient (Wildman–Crippen LogP) is 6.27. The van der Waals surface area contributed by atoms with E-state index in [1.165, 1.54) is 78.3 Å². The lowest BCUT2D eigenvalue weighted by Crippen LogP contribution is -2.23. The molecule has 1 heterocycles. The second-order valence-electron chi connectivity index (χ2n) is 5.95. The summed E-state index contributed by atoms with van der Waals surface area (Å²) >= 11 is 3.40. The lowest BCUT2D eigenvalue weighted by atomic mass is 10.1. The van der Waals surface area contributed by atoms with Gasteiger partial charge in [0, 0.05) is 27.8 Å². The molecule has 0 atom stereocenters. The highest BCUT2D eigenvalue weighted by Crippen LogP contribution is 2.16. The molecular weight excluding hydrogens is 467 g/mol. The number of thiophene rings is 1. The summed E-state index contributed by atoms with van der Waals surface area (Å²) in [5.74, 6) is -0.0611. The van der Waals surface area contributed by atoms with E-state index in [4.69, 9.17) is 9.44 Å². The highest BCUT2D eigenvalue weighted by molar-refractivity contribution is 14.2. The predicted molar refractivity (Wildman–Crippen MR) is 115 cm³/mol. The highest BCUT2D eigenvalue weighted by atomic mass is 127. The third-order valence-corrected chi connectivity index (χ3v) is 5.93. The molecule has 1 rings (SSSR count). The molecular formula is C18H27IN2O2S2. The van der Waals surface area contributed by atoms with Crippen molar-refractivity contribution in [2.24, 2.45) is 0 Å². The Morgan fingerprint density at radius 3 is 2.24 bits per heavy atom. The monoisotopic (exact) mass is 494 g/mol. The zero-order valence-electron chi connectivity index (χ0n) is 14.6. The fraction of sp³-hybridized carbons (Fsp3) is 0.667. The summed E-state index contributed by atoms with van der Waals surface area (Å²) in [7, 11) is 1.42. The molecule has 1 aromatic heterocycles. The molecule has 0 aromatic carbocycles. The van der Waals surface area contributed by atoms with Crippen molar-refractivity contribution in [3.8, 4) is 6.07 Å². The highest BCUT2D eigenvalue weighted by Gasteiger charge is 2.07. The summed E-state index contributed by atoms with van der Waals surface area (Å²) in [5.41, 5.74) is 0. The summed E-state index contributed by atoms with van der Waals surface area (Å²) in [6.45, 7) is 1.59. The zero-order valence-corrected chi connectivity index (χ0v) is 18.4. The van der Waals surface area contributed by atoms with Gasteiger partial charge in [0.2, 0.25) is 0 Å². The molecule has 1 aromatic rings. The van der Waals surface area contributed by atoms with Crippen LogP contribution in [0.3, 0.4) is 0 Å². The molecule has 0 fully saturated rings. The Kier molecular flexibility index (Phi) is 14.5. The van der Waals surface area contributed by atoms with E-state index < -0.39 is 0 Å². The van der Waals surface area contributed by atoms with Crippen LogP contribution in [-0.4, -0.2) is 19.1 Å². The molecule has 7 heteroatoms. The van der Waals surface area contributed by atoms with E-state index in [-0.39, 0.29) is 5.91 Å². The smallest absolute Gasteiger partial charge is 0.261 e. The van der Waals surface area contributed by atoms with Gasteiger partial charge in [-0.25, -0.2) is 0 Å². The Morgan fingerprint density at radius 1 is 1.08 bits per heavy atom. The normalized spacial score (nSPS) is 10.6. The van der Waals surface area contributed by atoms with Gasteiger partial charge in [0.15, 0.2) is 0 Å². The summed E-state index contributed by atoms with van der Waals surface area (Å²) in [5, 5.41) is 11.7. The molecule has 1 amide bonds. The quantitative estimate of drug-likeness (QED) is 0.178.